The molecule has 4 nitrogen and oxygen atoms in total. The number of benzene rings is 1. The normalized spacial score (nSPS) is 13.7. The summed E-state index contributed by atoms with van der Waals surface area (Å²) < 4.78 is 0.911. The molecule has 22 heavy (non-hydrogen) atoms. The third-order valence-corrected chi connectivity index (χ3v) is 4.51. The smallest absolute Gasteiger partial charge is 0.222 e. The first-order valence-corrected chi connectivity index (χ1v) is 8.29. The van der Waals surface area contributed by atoms with Gasteiger partial charge in [-0.1, -0.05) is 19.9 Å². The third kappa shape index (κ3) is 5.34. The van der Waals surface area contributed by atoms with Crippen LogP contribution in [0.1, 0.15) is 38.3 Å². The summed E-state index contributed by atoms with van der Waals surface area (Å²) in [5.74, 6) is 0.208. The van der Waals surface area contributed by atoms with E-state index >= 15 is 0 Å². The second-order valence-electron chi connectivity index (χ2n) is 6.42. The summed E-state index contributed by atoms with van der Waals surface area (Å²) in [6.45, 7) is 9.99. The van der Waals surface area contributed by atoms with Crippen molar-refractivity contribution >= 4 is 11.6 Å². The van der Waals surface area contributed by atoms with Crippen LogP contribution in [0.4, 0.5) is 5.69 Å². The Kier molecular flexibility index (Phi) is 6.88. The number of hydrogen-bond donors (Lipinski definition) is 1. The number of aryl methyl sites for hydroxylation is 1. The highest BCUT2D eigenvalue weighted by molar-refractivity contribution is 5.75. The number of nitrogens with zero attached hydrogens (tertiary/aromatic N) is 2. The molecule has 1 aromatic carbocycles. The predicted octanol–water partition coefficient (Wildman–Crippen LogP) is 2.67. The van der Waals surface area contributed by atoms with Crippen molar-refractivity contribution in [1.82, 2.24) is 4.90 Å². The van der Waals surface area contributed by atoms with Gasteiger partial charge in [0.05, 0.1) is 26.7 Å². The highest BCUT2D eigenvalue weighted by Crippen LogP contribution is 2.18. The summed E-state index contributed by atoms with van der Waals surface area (Å²) in [7, 11) is 4.14. The molecule has 1 unspecified atom stereocenters. The molecular weight excluding hydrogens is 274 g/mol. The van der Waals surface area contributed by atoms with Crippen LogP contribution in [0.25, 0.3) is 0 Å². The van der Waals surface area contributed by atoms with Gasteiger partial charge in [-0.25, -0.2) is 0 Å². The van der Waals surface area contributed by atoms with Gasteiger partial charge in [0.1, 0.15) is 6.54 Å². The maximum atomic E-state index is 11.7. The average Bonchev–Trinajstić information content (AvgIpc) is 2.51. The molecule has 1 aromatic rings. The fraction of sp³-hybridized carbons (Fsp3) is 0.611. The molecule has 0 saturated heterocycles. The first kappa shape index (κ1) is 18.5. The van der Waals surface area contributed by atoms with Crippen molar-refractivity contribution in [2.75, 3.05) is 39.5 Å². The quantitative estimate of drug-likeness (QED) is 0.593. The molecule has 0 saturated carbocycles. The van der Waals surface area contributed by atoms with E-state index in [4.69, 9.17) is 5.73 Å². The van der Waals surface area contributed by atoms with Gasteiger partial charge in [-0.05, 0) is 31.0 Å². The topological polar surface area (TPSA) is 46.3 Å². The predicted molar refractivity (Wildman–Crippen MR) is 93.5 cm³/mol. The van der Waals surface area contributed by atoms with E-state index in [9.17, 15) is 4.79 Å². The van der Waals surface area contributed by atoms with Crippen molar-refractivity contribution in [3.63, 3.8) is 0 Å². The molecule has 1 rings (SSSR count). The van der Waals surface area contributed by atoms with Gasteiger partial charge in [0.25, 0.3) is 0 Å². The lowest BCUT2D eigenvalue weighted by molar-refractivity contribution is -0.920. The lowest BCUT2D eigenvalue weighted by atomic mass is 10.1. The van der Waals surface area contributed by atoms with Gasteiger partial charge in [0.2, 0.25) is 5.91 Å². The minimum atomic E-state index is 0.208. The number of nitrogen functional groups attached to an aromatic ring is 1. The zero-order valence-corrected chi connectivity index (χ0v) is 14.9. The van der Waals surface area contributed by atoms with Gasteiger partial charge >= 0.3 is 0 Å². The van der Waals surface area contributed by atoms with E-state index in [-0.39, 0.29) is 5.91 Å². The first-order chi connectivity index (χ1) is 10.3. The molecule has 0 heterocycles. The Balaban J connectivity index is 2.77. The molecular formula is C18H32N3O+. The van der Waals surface area contributed by atoms with E-state index in [1.54, 1.807) is 0 Å². The van der Waals surface area contributed by atoms with Crippen molar-refractivity contribution in [2.24, 2.45) is 0 Å². The minimum Gasteiger partial charge on any atom is -0.399 e. The van der Waals surface area contributed by atoms with E-state index in [2.05, 4.69) is 33.0 Å². The van der Waals surface area contributed by atoms with Crippen molar-refractivity contribution in [2.45, 2.75) is 40.2 Å². The van der Waals surface area contributed by atoms with Gasteiger partial charge < -0.3 is 15.1 Å². The highest BCUT2D eigenvalue weighted by atomic mass is 16.2. The number of anilines is 1. The van der Waals surface area contributed by atoms with Gasteiger partial charge in [-0.3, -0.25) is 4.79 Å². The van der Waals surface area contributed by atoms with Crippen LogP contribution in [0.2, 0.25) is 0 Å². The molecule has 0 fully saturated rings. The summed E-state index contributed by atoms with van der Waals surface area (Å²) in [6, 6.07) is 6.38. The third-order valence-electron chi connectivity index (χ3n) is 4.51. The Labute approximate surface area is 135 Å². The fourth-order valence-electron chi connectivity index (χ4n) is 2.66. The number of carbonyl (C=O) groups excluding carboxylic acids is 1. The van der Waals surface area contributed by atoms with Crippen LogP contribution in [0.3, 0.4) is 0 Å². The molecule has 2 N–H and O–H groups in total. The Morgan fingerprint density at radius 1 is 1.18 bits per heavy atom. The molecule has 0 aromatic heterocycles. The van der Waals surface area contributed by atoms with Crippen molar-refractivity contribution in [1.29, 1.82) is 0 Å². The zero-order valence-electron chi connectivity index (χ0n) is 14.9. The molecule has 0 aliphatic rings. The average molecular weight is 306 g/mol. The number of nitrogens with two attached hydrogens (primary N) is 1. The highest BCUT2D eigenvalue weighted by Gasteiger charge is 2.21. The Hall–Kier alpha value is -1.55. The minimum absolute atomic E-state index is 0.208. The molecule has 0 aliphatic carbocycles. The van der Waals surface area contributed by atoms with Gasteiger partial charge in [-0.15, -0.1) is 0 Å². The number of carbonyl (C=O) groups is 1. The summed E-state index contributed by atoms with van der Waals surface area (Å²) in [4.78, 5) is 13.5. The molecule has 0 spiro atoms. The van der Waals surface area contributed by atoms with Crippen molar-refractivity contribution < 1.29 is 9.28 Å². The second-order valence-corrected chi connectivity index (χ2v) is 6.42. The summed E-state index contributed by atoms with van der Waals surface area (Å²) in [5, 5.41) is 0. The lowest BCUT2D eigenvalue weighted by Gasteiger charge is -2.35. The van der Waals surface area contributed by atoms with Gasteiger partial charge in [0.15, 0.2) is 0 Å². The van der Waals surface area contributed by atoms with Crippen LogP contribution in [0.15, 0.2) is 18.2 Å². The summed E-state index contributed by atoms with van der Waals surface area (Å²) in [6.07, 6.45) is 1.57. The molecule has 0 bridgehead atoms. The first-order valence-electron chi connectivity index (χ1n) is 8.29. The van der Waals surface area contributed by atoms with E-state index < -0.39 is 0 Å². The Morgan fingerprint density at radius 3 is 2.36 bits per heavy atom. The molecule has 0 aliphatic heterocycles. The van der Waals surface area contributed by atoms with E-state index in [0.717, 1.165) is 42.8 Å². The second kappa shape index (κ2) is 8.18. The maximum absolute atomic E-state index is 11.7. The number of likely N-dealkylation sites (N-methyl/N-ethyl adjacent to an activating group) is 2. The van der Waals surface area contributed by atoms with Crippen LogP contribution in [0.5, 0.6) is 0 Å². The SMILES string of the molecule is CCC(=O)N(C)CC[N+](C)(CC)Cc1cc(N)cc(CC)c1. The maximum Gasteiger partial charge on any atom is 0.222 e. The van der Waals surface area contributed by atoms with Crippen LogP contribution >= 0.6 is 0 Å². The number of amides is 1. The fourth-order valence-corrected chi connectivity index (χ4v) is 2.66. The van der Waals surface area contributed by atoms with Crippen molar-refractivity contribution in [3.05, 3.63) is 29.3 Å². The van der Waals surface area contributed by atoms with Gasteiger partial charge in [-0.2, -0.15) is 0 Å². The van der Waals surface area contributed by atoms with Crippen LogP contribution in [0, 0.1) is 0 Å². The monoisotopic (exact) mass is 306 g/mol. The number of rotatable bonds is 8. The molecule has 1 atom stereocenters. The van der Waals surface area contributed by atoms with Crippen molar-refractivity contribution in [3.8, 4) is 0 Å². The zero-order chi connectivity index (χ0) is 16.8. The van der Waals surface area contributed by atoms with Crippen LogP contribution in [-0.4, -0.2) is 49.0 Å². The summed E-state index contributed by atoms with van der Waals surface area (Å²) >= 11 is 0. The number of quaternary nitrogens is 1. The molecule has 124 valence electrons. The van der Waals surface area contributed by atoms with Gasteiger partial charge in [0, 0.05) is 24.7 Å². The van der Waals surface area contributed by atoms with Crippen LogP contribution < -0.4 is 5.73 Å². The van der Waals surface area contributed by atoms with E-state index in [1.807, 2.05) is 24.9 Å². The Morgan fingerprint density at radius 2 is 1.82 bits per heavy atom. The standard InChI is InChI=1S/C18H32N3O/c1-6-15-11-16(13-17(19)12-15)14-21(5,8-3)10-9-20(4)18(22)7-2/h11-13H,6-10,14,19H2,1-5H3/q+1. The molecule has 1 amide bonds. The van der Waals surface area contributed by atoms with E-state index in [0.29, 0.717) is 6.42 Å². The largest absolute Gasteiger partial charge is 0.399 e. The number of hydrogen-bond acceptors (Lipinski definition) is 2. The van der Waals surface area contributed by atoms with E-state index in [1.165, 1.54) is 11.1 Å². The summed E-state index contributed by atoms with van der Waals surface area (Å²) in [5.41, 5.74) is 9.43. The van der Waals surface area contributed by atoms with Crippen LogP contribution in [-0.2, 0) is 17.8 Å². The molecule has 0 radical (unpaired) electrons. The molecule has 4 heteroatoms. The Bertz CT molecular complexity index is 501. The lowest BCUT2D eigenvalue weighted by Crippen LogP contribution is -2.48.